The molecule has 3 aromatic rings. The molecule has 0 saturated heterocycles. The number of aryl methyl sites for hydroxylation is 3. The number of amides is 1. The number of aromatic nitrogens is 1. The van der Waals surface area contributed by atoms with Crippen molar-refractivity contribution in [1.82, 2.24) is 9.47 Å². The predicted octanol–water partition coefficient (Wildman–Crippen LogP) is 4.66. The average Bonchev–Trinajstić information content (AvgIpc) is 3.29. The normalized spacial score (nSPS) is 14.3. The SMILES string of the molecule is Cc1ccsc1CN(C(=O)c1c(C)c2ccccc2n1C)C1CC1. The molecule has 24 heavy (non-hydrogen) atoms. The number of hydrogen-bond donors (Lipinski definition) is 0. The second kappa shape index (κ2) is 5.78. The Morgan fingerprint density at radius 3 is 2.62 bits per heavy atom. The van der Waals surface area contributed by atoms with Gasteiger partial charge in [0.1, 0.15) is 5.69 Å². The number of nitrogens with zero attached hydrogens (tertiary/aromatic N) is 2. The molecule has 1 amide bonds. The van der Waals surface area contributed by atoms with Gasteiger partial charge in [0.25, 0.3) is 5.91 Å². The highest BCUT2D eigenvalue weighted by atomic mass is 32.1. The summed E-state index contributed by atoms with van der Waals surface area (Å²) in [6, 6.07) is 10.8. The maximum atomic E-state index is 13.4. The Kier molecular flexibility index (Phi) is 3.72. The van der Waals surface area contributed by atoms with E-state index in [0.29, 0.717) is 6.04 Å². The second-order valence-electron chi connectivity index (χ2n) is 6.74. The molecule has 0 spiro atoms. The second-order valence-corrected chi connectivity index (χ2v) is 7.74. The largest absolute Gasteiger partial charge is 0.339 e. The maximum absolute atomic E-state index is 13.4. The zero-order valence-electron chi connectivity index (χ0n) is 14.4. The van der Waals surface area contributed by atoms with E-state index in [1.54, 1.807) is 11.3 Å². The molecule has 2 heterocycles. The van der Waals surface area contributed by atoms with Crippen LogP contribution in [0.5, 0.6) is 0 Å². The number of fused-ring (bicyclic) bond motifs is 1. The molecule has 0 aliphatic heterocycles. The first-order valence-electron chi connectivity index (χ1n) is 8.46. The van der Waals surface area contributed by atoms with Gasteiger partial charge in [0.05, 0.1) is 6.54 Å². The van der Waals surface area contributed by atoms with Crippen molar-refractivity contribution in [3.8, 4) is 0 Å². The smallest absolute Gasteiger partial charge is 0.271 e. The van der Waals surface area contributed by atoms with E-state index in [1.807, 2.05) is 19.2 Å². The first kappa shape index (κ1) is 15.5. The Hall–Kier alpha value is -2.07. The standard InChI is InChI=1S/C20H22N2OS/c1-13-10-11-24-18(13)12-22(15-8-9-15)20(23)19-14(2)16-6-4-5-7-17(16)21(19)3/h4-7,10-11,15H,8-9,12H2,1-3H3. The minimum absolute atomic E-state index is 0.168. The molecule has 1 fully saturated rings. The summed E-state index contributed by atoms with van der Waals surface area (Å²) in [6.45, 7) is 4.93. The molecular weight excluding hydrogens is 316 g/mol. The van der Waals surface area contributed by atoms with Gasteiger partial charge in [-0.15, -0.1) is 11.3 Å². The number of thiophene rings is 1. The van der Waals surface area contributed by atoms with Crippen LogP contribution in [0, 0.1) is 13.8 Å². The highest BCUT2D eigenvalue weighted by molar-refractivity contribution is 7.10. The maximum Gasteiger partial charge on any atom is 0.271 e. The highest BCUT2D eigenvalue weighted by Crippen LogP contribution is 2.33. The molecule has 124 valence electrons. The third-order valence-corrected chi connectivity index (χ3v) is 6.10. The topological polar surface area (TPSA) is 25.2 Å². The summed E-state index contributed by atoms with van der Waals surface area (Å²) in [5, 5.41) is 3.29. The summed E-state index contributed by atoms with van der Waals surface area (Å²) in [7, 11) is 2.00. The van der Waals surface area contributed by atoms with E-state index < -0.39 is 0 Å². The minimum atomic E-state index is 0.168. The van der Waals surface area contributed by atoms with Gasteiger partial charge in [-0.2, -0.15) is 0 Å². The first-order valence-corrected chi connectivity index (χ1v) is 9.34. The molecule has 2 aromatic heterocycles. The van der Waals surface area contributed by atoms with Crippen LogP contribution < -0.4 is 0 Å². The van der Waals surface area contributed by atoms with Crippen molar-refractivity contribution in [2.75, 3.05) is 0 Å². The molecule has 1 saturated carbocycles. The van der Waals surface area contributed by atoms with Crippen LogP contribution >= 0.6 is 11.3 Å². The average molecular weight is 338 g/mol. The number of para-hydroxylation sites is 1. The summed E-state index contributed by atoms with van der Waals surface area (Å²) >= 11 is 1.75. The van der Waals surface area contributed by atoms with Crippen LogP contribution in [0.4, 0.5) is 0 Å². The van der Waals surface area contributed by atoms with E-state index in [0.717, 1.165) is 36.2 Å². The molecule has 1 aliphatic carbocycles. The molecule has 0 bridgehead atoms. The highest BCUT2D eigenvalue weighted by Gasteiger charge is 2.35. The number of rotatable bonds is 4. The van der Waals surface area contributed by atoms with E-state index in [4.69, 9.17) is 0 Å². The van der Waals surface area contributed by atoms with Gasteiger partial charge in [-0.3, -0.25) is 4.79 Å². The van der Waals surface area contributed by atoms with Crippen LogP contribution in [0.3, 0.4) is 0 Å². The fraction of sp³-hybridized carbons (Fsp3) is 0.350. The quantitative estimate of drug-likeness (QED) is 0.679. The molecule has 4 heteroatoms. The fourth-order valence-corrected chi connectivity index (χ4v) is 4.40. The van der Waals surface area contributed by atoms with Crippen LogP contribution in [0.1, 0.15) is 39.3 Å². The monoisotopic (exact) mass is 338 g/mol. The van der Waals surface area contributed by atoms with E-state index in [9.17, 15) is 4.79 Å². The number of hydrogen-bond acceptors (Lipinski definition) is 2. The van der Waals surface area contributed by atoms with E-state index in [2.05, 4.69) is 46.9 Å². The van der Waals surface area contributed by atoms with E-state index in [1.165, 1.54) is 15.8 Å². The fourth-order valence-electron chi connectivity index (χ4n) is 3.50. The number of carbonyl (C=O) groups excluding carboxylic acids is 1. The summed E-state index contributed by atoms with van der Waals surface area (Å²) in [4.78, 5) is 16.8. The van der Waals surface area contributed by atoms with Crippen LogP contribution in [0.25, 0.3) is 10.9 Å². The van der Waals surface area contributed by atoms with Crippen LogP contribution in [0.2, 0.25) is 0 Å². The van der Waals surface area contributed by atoms with Gasteiger partial charge in [0.15, 0.2) is 0 Å². The van der Waals surface area contributed by atoms with Gasteiger partial charge in [0.2, 0.25) is 0 Å². The molecule has 0 radical (unpaired) electrons. The Morgan fingerprint density at radius 2 is 2.00 bits per heavy atom. The molecule has 1 aromatic carbocycles. The van der Waals surface area contributed by atoms with Crippen molar-refractivity contribution in [3.63, 3.8) is 0 Å². The molecule has 3 nitrogen and oxygen atoms in total. The molecule has 0 atom stereocenters. The molecule has 0 unspecified atom stereocenters. The van der Waals surface area contributed by atoms with Crippen molar-refractivity contribution < 1.29 is 4.79 Å². The van der Waals surface area contributed by atoms with Gasteiger partial charge in [-0.25, -0.2) is 0 Å². The lowest BCUT2D eigenvalue weighted by Crippen LogP contribution is -2.34. The van der Waals surface area contributed by atoms with E-state index in [-0.39, 0.29) is 5.91 Å². The molecule has 1 aliphatic rings. The van der Waals surface area contributed by atoms with Crippen molar-refractivity contribution in [3.05, 3.63) is 57.4 Å². The summed E-state index contributed by atoms with van der Waals surface area (Å²) in [6.07, 6.45) is 2.25. The summed E-state index contributed by atoms with van der Waals surface area (Å²) in [5.74, 6) is 0.168. The van der Waals surface area contributed by atoms with Crippen LogP contribution in [-0.4, -0.2) is 21.4 Å². The molecule has 0 N–H and O–H groups in total. The summed E-state index contributed by atoms with van der Waals surface area (Å²) < 4.78 is 2.06. The van der Waals surface area contributed by atoms with Crippen molar-refractivity contribution in [1.29, 1.82) is 0 Å². The van der Waals surface area contributed by atoms with Gasteiger partial charge in [-0.1, -0.05) is 18.2 Å². The van der Waals surface area contributed by atoms with Crippen LogP contribution in [0.15, 0.2) is 35.7 Å². The Morgan fingerprint density at radius 1 is 1.25 bits per heavy atom. The lowest BCUT2D eigenvalue weighted by Gasteiger charge is -2.23. The third-order valence-electron chi connectivity index (χ3n) is 5.09. The number of benzene rings is 1. The minimum Gasteiger partial charge on any atom is -0.339 e. The Labute approximate surface area is 146 Å². The van der Waals surface area contributed by atoms with Crippen molar-refractivity contribution in [2.45, 2.75) is 39.3 Å². The first-order chi connectivity index (χ1) is 11.6. The van der Waals surface area contributed by atoms with Crippen molar-refractivity contribution in [2.24, 2.45) is 7.05 Å². The molecule has 4 rings (SSSR count). The van der Waals surface area contributed by atoms with Gasteiger partial charge >= 0.3 is 0 Å². The predicted molar refractivity (Wildman–Crippen MR) is 99.6 cm³/mol. The zero-order valence-corrected chi connectivity index (χ0v) is 15.2. The Bertz CT molecular complexity index is 878. The molecular formula is C20H22N2OS. The Balaban J connectivity index is 1.75. The van der Waals surface area contributed by atoms with Crippen LogP contribution in [-0.2, 0) is 13.6 Å². The summed E-state index contributed by atoms with van der Waals surface area (Å²) in [5.41, 5.74) is 4.33. The van der Waals surface area contributed by atoms with Gasteiger partial charge in [-0.05, 0) is 55.3 Å². The van der Waals surface area contributed by atoms with E-state index >= 15 is 0 Å². The zero-order chi connectivity index (χ0) is 16.8. The third kappa shape index (κ3) is 2.46. The lowest BCUT2D eigenvalue weighted by atomic mass is 10.1. The van der Waals surface area contributed by atoms with Gasteiger partial charge < -0.3 is 9.47 Å². The lowest BCUT2D eigenvalue weighted by molar-refractivity contribution is 0.0721. The number of carbonyl (C=O) groups is 1. The van der Waals surface area contributed by atoms with Crippen molar-refractivity contribution >= 4 is 28.1 Å². The van der Waals surface area contributed by atoms with Gasteiger partial charge in [0, 0.05) is 28.9 Å².